The maximum Gasteiger partial charge on any atom is 0.317 e. The molecule has 2 aliphatic rings. The lowest BCUT2D eigenvalue weighted by Crippen LogP contribution is -2.49. The van der Waals surface area contributed by atoms with Crippen LogP contribution in [0.5, 0.6) is 5.75 Å². The normalized spacial score (nSPS) is 21.4. The topological polar surface area (TPSA) is 71.1 Å². The number of nitrogens with zero attached hydrogens (tertiary/aromatic N) is 2. The van der Waals surface area contributed by atoms with Crippen molar-refractivity contribution in [3.05, 3.63) is 24.3 Å². The fourth-order valence-electron chi connectivity index (χ4n) is 2.86. The molecule has 7 heteroatoms. The van der Waals surface area contributed by atoms with Crippen molar-refractivity contribution < 1.29 is 19.1 Å². The molecule has 2 heterocycles. The Kier molecular flexibility index (Phi) is 4.66. The fourth-order valence-corrected chi connectivity index (χ4v) is 2.86. The van der Waals surface area contributed by atoms with E-state index in [2.05, 4.69) is 5.32 Å². The molecule has 2 fully saturated rings. The molecule has 3 amide bonds. The summed E-state index contributed by atoms with van der Waals surface area (Å²) in [4.78, 5) is 27.9. The first-order valence-electron chi connectivity index (χ1n) is 7.75. The zero-order chi connectivity index (χ0) is 16.2. The Hall–Kier alpha value is -2.28. The van der Waals surface area contributed by atoms with Crippen LogP contribution in [0.25, 0.3) is 0 Å². The number of carbonyl (C=O) groups excluding carboxylic acids is 2. The monoisotopic (exact) mass is 319 g/mol. The Labute approximate surface area is 135 Å². The number of methoxy groups -OCH3 is 1. The first kappa shape index (κ1) is 15.6. The van der Waals surface area contributed by atoms with Gasteiger partial charge < -0.3 is 24.6 Å². The molecule has 1 aromatic rings. The van der Waals surface area contributed by atoms with Gasteiger partial charge in [0.15, 0.2) is 0 Å². The Balaban J connectivity index is 1.61. The molecule has 2 aliphatic heterocycles. The summed E-state index contributed by atoms with van der Waals surface area (Å²) in [5.74, 6) is 0.710. The van der Waals surface area contributed by atoms with Gasteiger partial charge in [-0.25, -0.2) is 4.79 Å². The molecule has 7 nitrogen and oxygen atoms in total. The van der Waals surface area contributed by atoms with Crippen molar-refractivity contribution in [2.45, 2.75) is 12.5 Å². The summed E-state index contributed by atoms with van der Waals surface area (Å²) in [6.07, 6.45) is 0.313. The summed E-state index contributed by atoms with van der Waals surface area (Å²) < 4.78 is 10.4. The Morgan fingerprint density at radius 3 is 2.87 bits per heavy atom. The van der Waals surface area contributed by atoms with Gasteiger partial charge in [-0.05, 0) is 12.1 Å². The highest BCUT2D eigenvalue weighted by Crippen LogP contribution is 2.25. The highest BCUT2D eigenvalue weighted by Gasteiger charge is 2.32. The number of ether oxygens (including phenoxy) is 2. The minimum Gasteiger partial charge on any atom is -0.497 e. The van der Waals surface area contributed by atoms with Crippen molar-refractivity contribution in [3.8, 4) is 5.75 Å². The number of hydrogen-bond acceptors (Lipinski definition) is 4. The maximum absolute atomic E-state index is 12.2. The Morgan fingerprint density at radius 1 is 1.35 bits per heavy atom. The number of urea groups is 1. The highest BCUT2D eigenvalue weighted by molar-refractivity contribution is 5.97. The number of carbonyl (C=O) groups is 2. The molecule has 1 aromatic carbocycles. The number of benzene rings is 1. The molecule has 2 saturated heterocycles. The first-order chi connectivity index (χ1) is 11.2. The van der Waals surface area contributed by atoms with Crippen molar-refractivity contribution in [1.29, 1.82) is 0 Å². The van der Waals surface area contributed by atoms with Crippen molar-refractivity contribution in [2.24, 2.45) is 0 Å². The summed E-state index contributed by atoms with van der Waals surface area (Å²) in [5, 5.41) is 2.95. The van der Waals surface area contributed by atoms with E-state index in [1.165, 1.54) is 0 Å². The minimum absolute atomic E-state index is 0.00512. The molecule has 3 rings (SSSR count). The molecule has 0 bridgehead atoms. The van der Waals surface area contributed by atoms with Gasteiger partial charge in [-0.3, -0.25) is 4.79 Å². The first-order valence-corrected chi connectivity index (χ1v) is 7.75. The third-order valence-corrected chi connectivity index (χ3v) is 4.12. The molecule has 1 atom stereocenters. The number of anilines is 1. The van der Waals surface area contributed by atoms with Crippen LogP contribution in [-0.2, 0) is 9.53 Å². The van der Waals surface area contributed by atoms with E-state index < -0.39 is 0 Å². The predicted octanol–water partition coefficient (Wildman–Crippen LogP) is 0.842. The molecule has 0 aliphatic carbocycles. The summed E-state index contributed by atoms with van der Waals surface area (Å²) in [7, 11) is 1.59. The maximum atomic E-state index is 12.2. The largest absolute Gasteiger partial charge is 0.497 e. The lowest BCUT2D eigenvalue weighted by atomic mass is 10.2. The number of rotatable bonds is 3. The SMILES string of the molecule is COc1cccc(N2C[C@@H](NC(=O)N3CCOCC3)CC2=O)c1. The van der Waals surface area contributed by atoms with Crippen LogP contribution >= 0.6 is 0 Å². The van der Waals surface area contributed by atoms with E-state index in [0.29, 0.717) is 45.0 Å². The Morgan fingerprint density at radius 2 is 2.13 bits per heavy atom. The van der Waals surface area contributed by atoms with Gasteiger partial charge in [0, 0.05) is 37.8 Å². The van der Waals surface area contributed by atoms with Crippen LogP contribution in [0.15, 0.2) is 24.3 Å². The van der Waals surface area contributed by atoms with E-state index >= 15 is 0 Å². The van der Waals surface area contributed by atoms with Gasteiger partial charge in [0.2, 0.25) is 5.91 Å². The van der Waals surface area contributed by atoms with E-state index in [-0.39, 0.29) is 18.0 Å². The average Bonchev–Trinajstić information content (AvgIpc) is 2.96. The van der Waals surface area contributed by atoms with E-state index in [9.17, 15) is 9.59 Å². The Bertz CT molecular complexity index is 586. The van der Waals surface area contributed by atoms with E-state index in [1.807, 2.05) is 24.3 Å². The molecule has 124 valence electrons. The fraction of sp³-hybridized carbons (Fsp3) is 0.500. The van der Waals surface area contributed by atoms with Gasteiger partial charge in [0.1, 0.15) is 5.75 Å². The summed E-state index contributed by atoms with van der Waals surface area (Å²) in [6, 6.07) is 7.07. The lowest BCUT2D eigenvalue weighted by molar-refractivity contribution is -0.117. The smallest absolute Gasteiger partial charge is 0.317 e. The molecule has 0 saturated carbocycles. The molecule has 0 unspecified atom stereocenters. The van der Waals surface area contributed by atoms with E-state index in [4.69, 9.17) is 9.47 Å². The van der Waals surface area contributed by atoms with Crippen LogP contribution in [-0.4, -0.2) is 62.8 Å². The summed E-state index contributed by atoms with van der Waals surface area (Å²) >= 11 is 0. The molecule has 0 spiro atoms. The summed E-state index contributed by atoms with van der Waals surface area (Å²) in [5.41, 5.74) is 0.789. The van der Waals surface area contributed by atoms with Gasteiger partial charge in [0.25, 0.3) is 0 Å². The van der Waals surface area contributed by atoms with Gasteiger partial charge in [0.05, 0.1) is 26.4 Å². The van der Waals surface area contributed by atoms with Crippen molar-refractivity contribution in [3.63, 3.8) is 0 Å². The highest BCUT2D eigenvalue weighted by atomic mass is 16.5. The van der Waals surface area contributed by atoms with Crippen LogP contribution in [0, 0.1) is 0 Å². The van der Waals surface area contributed by atoms with Gasteiger partial charge in [-0.15, -0.1) is 0 Å². The van der Waals surface area contributed by atoms with Gasteiger partial charge in [-0.1, -0.05) is 6.07 Å². The second kappa shape index (κ2) is 6.87. The molecule has 0 aromatic heterocycles. The van der Waals surface area contributed by atoms with Gasteiger partial charge >= 0.3 is 6.03 Å². The summed E-state index contributed by atoms with van der Waals surface area (Å²) in [6.45, 7) is 2.78. The molecule has 1 N–H and O–H groups in total. The van der Waals surface area contributed by atoms with Crippen LogP contribution in [0.2, 0.25) is 0 Å². The lowest BCUT2D eigenvalue weighted by Gasteiger charge is -2.28. The average molecular weight is 319 g/mol. The van der Waals surface area contributed by atoms with Gasteiger partial charge in [-0.2, -0.15) is 0 Å². The van der Waals surface area contributed by atoms with Crippen LogP contribution in [0.3, 0.4) is 0 Å². The van der Waals surface area contributed by atoms with Crippen LogP contribution in [0.4, 0.5) is 10.5 Å². The van der Waals surface area contributed by atoms with E-state index in [1.54, 1.807) is 16.9 Å². The molecule has 0 radical (unpaired) electrons. The zero-order valence-electron chi connectivity index (χ0n) is 13.2. The predicted molar refractivity (Wildman–Crippen MR) is 84.7 cm³/mol. The number of morpholine rings is 1. The van der Waals surface area contributed by atoms with Crippen LogP contribution < -0.4 is 15.0 Å². The second-order valence-electron chi connectivity index (χ2n) is 5.66. The van der Waals surface area contributed by atoms with Crippen LogP contribution in [0.1, 0.15) is 6.42 Å². The zero-order valence-corrected chi connectivity index (χ0v) is 13.2. The third-order valence-electron chi connectivity index (χ3n) is 4.12. The number of amides is 3. The van der Waals surface area contributed by atoms with Crippen molar-refractivity contribution >= 4 is 17.6 Å². The molecular formula is C16H21N3O4. The molecule has 23 heavy (non-hydrogen) atoms. The second-order valence-corrected chi connectivity index (χ2v) is 5.66. The van der Waals surface area contributed by atoms with Crippen molar-refractivity contribution in [1.82, 2.24) is 10.2 Å². The number of hydrogen-bond donors (Lipinski definition) is 1. The standard InChI is InChI=1S/C16H21N3O4/c1-22-14-4-2-3-13(10-14)19-11-12(9-15(19)20)17-16(21)18-5-7-23-8-6-18/h2-4,10,12H,5-9,11H2,1H3,(H,17,21)/t12-/m0/s1. The minimum atomic E-state index is -0.177. The molecular weight excluding hydrogens is 298 g/mol. The number of nitrogens with one attached hydrogen (secondary N) is 1. The van der Waals surface area contributed by atoms with Crippen molar-refractivity contribution in [2.75, 3.05) is 44.9 Å². The third kappa shape index (κ3) is 3.56. The van der Waals surface area contributed by atoms with E-state index in [0.717, 1.165) is 5.69 Å². The quantitative estimate of drug-likeness (QED) is 0.896.